The van der Waals surface area contributed by atoms with Crippen LogP contribution in [0.3, 0.4) is 0 Å². The van der Waals surface area contributed by atoms with Gasteiger partial charge in [-0.15, -0.1) is 0 Å². The average Bonchev–Trinajstić information content (AvgIpc) is 2.78. The lowest BCUT2D eigenvalue weighted by atomic mass is 10.1. The molecule has 0 aliphatic carbocycles. The van der Waals surface area contributed by atoms with Crippen molar-refractivity contribution in [3.05, 3.63) is 12.2 Å². The Morgan fingerprint density at radius 3 is 3.18 bits per heavy atom. The van der Waals surface area contributed by atoms with E-state index in [9.17, 15) is 4.79 Å². The molecule has 1 unspecified atom stereocenters. The van der Waals surface area contributed by atoms with E-state index in [0.29, 0.717) is 25.6 Å². The highest BCUT2D eigenvalue weighted by Gasteiger charge is 2.24. The minimum absolute atomic E-state index is 0.00931. The number of aryl methyl sites for hydroxylation is 1. The van der Waals surface area contributed by atoms with E-state index in [4.69, 9.17) is 9.47 Å². The molecule has 6 nitrogen and oxygen atoms in total. The second-order valence-corrected chi connectivity index (χ2v) is 3.98. The molecule has 2 rings (SSSR count). The monoisotopic (exact) mass is 239 g/mol. The van der Waals surface area contributed by atoms with Gasteiger partial charge in [0.2, 0.25) is 0 Å². The number of Topliss-reactive ketones (excluding diaryl/α,β-unsaturated/α-hetero) is 1. The van der Waals surface area contributed by atoms with Crippen molar-refractivity contribution in [2.45, 2.75) is 32.4 Å². The number of ketones is 1. The van der Waals surface area contributed by atoms with Crippen molar-refractivity contribution in [2.75, 3.05) is 19.8 Å². The van der Waals surface area contributed by atoms with Crippen molar-refractivity contribution in [3.63, 3.8) is 0 Å². The zero-order valence-corrected chi connectivity index (χ0v) is 9.96. The molecule has 94 valence electrons. The first kappa shape index (κ1) is 12.2. The van der Waals surface area contributed by atoms with Crippen LogP contribution in [0.5, 0.6) is 0 Å². The lowest BCUT2D eigenvalue weighted by molar-refractivity contribution is -0.144. The summed E-state index contributed by atoms with van der Waals surface area (Å²) in [5.41, 5.74) is 0. The second-order valence-electron chi connectivity index (χ2n) is 3.98. The molecule has 2 heterocycles. The number of hydrogen-bond acceptors (Lipinski definition) is 5. The first-order valence-electron chi connectivity index (χ1n) is 5.90. The van der Waals surface area contributed by atoms with E-state index in [1.54, 1.807) is 4.68 Å². The largest absolute Gasteiger partial charge is 0.376 e. The van der Waals surface area contributed by atoms with E-state index in [0.717, 1.165) is 13.0 Å². The zero-order valence-electron chi connectivity index (χ0n) is 9.96. The summed E-state index contributed by atoms with van der Waals surface area (Å²) in [6, 6.07) is 0. The lowest BCUT2D eigenvalue weighted by Gasteiger charge is -2.21. The van der Waals surface area contributed by atoms with Gasteiger partial charge < -0.3 is 9.47 Å². The third kappa shape index (κ3) is 3.10. The van der Waals surface area contributed by atoms with Gasteiger partial charge in [-0.25, -0.2) is 9.67 Å². The van der Waals surface area contributed by atoms with Crippen molar-refractivity contribution in [2.24, 2.45) is 0 Å². The molecule has 0 bridgehead atoms. The van der Waals surface area contributed by atoms with E-state index < -0.39 is 6.10 Å². The summed E-state index contributed by atoms with van der Waals surface area (Å²) in [7, 11) is 0. The van der Waals surface area contributed by atoms with Gasteiger partial charge in [0.25, 0.3) is 0 Å². The summed E-state index contributed by atoms with van der Waals surface area (Å²) in [5, 5.41) is 4.09. The third-order valence-corrected chi connectivity index (χ3v) is 2.64. The lowest BCUT2D eigenvalue weighted by Crippen LogP contribution is -2.36. The summed E-state index contributed by atoms with van der Waals surface area (Å²) in [4.78, 5) is 16.0. The standard InChI is InChI=1S/C11H17N3O3/c1-2-3-14-11(12-8-13-14)6-9(15)10-7-16-4-5-17-10/h8,10H,2-7H2,1H3. The van der Waals surface area contributed by atoms with Crippen LogP contribution in [0.1, 0.15) is 19.2 Å². The Labute approximate surface area is 99.9 Å². The summed E-state index contributed by atoms with van der Waals surface area (Å²) >= 11 is 0. The minimum atomic E-state index is -0.449. The van der Waals surface area contributed by atoms with Crippen LogP contribution in [0.15, 0.2) is 6.33 Å². The highest BCUT2D eigenvalue weighted by atomic mass is 16.6. The molecule has 0 spiro atoms. The van der Waals surface area contributed by atoms with E-state index in [-0.39, 0.29) is 12.2 Å². The number of hydrogen-bond donors (Lipinski definition) is 0. The van der Waals surface area contributed by atoms with E-state index >= 15 is 0 Å². The van der Waals surface area contributed by atoms with Gasteiger partial charge in [0, 0.05) is 6.54 Å². The quantitative estimate of drug-likeness (QED) is 0.735. The zero-order chi connectivity index (χ0) is 12.1. The molecule has 0 N–H and O–H groups in total. The molecule has 1 aromatic rings. The fraction of sp³-hybridized carbons (Fsp3) is 0.727. The Hall–Kier alpha value is -1.27. The van der Waals surface area contributed by atoms with Crippen LogP contribution in [-0.4, -0.2) is 46.5 Å². The van der Waals surface area contributed by atoms with Gasteiger partial charge in [0.1, 0.15) is 18.3 Å². The van der Waals surface area contributed by atoms with Crippen LogP contribution in [0.4, 0.5) is 0 Å². The van der Waals surface area contributed by atoms with Crippen LogP contribution < -0.4 is 0 Å². The van der Waals surface area contributed by atoms with Crippen molar-refractivity contribution < 1.29 is 14.3 Å². The average molecular weight is 239 g/mol. The molecular formula is C11H17N3O3. The first-order chi connectivity index (χ1) is 8.31. The van der Waals surface area contributed by atoms with Gasteiger partial charge in [0.15, 0.2) is 5.78 Å². The highest BCUT2D eigenvalue weighted by molar-refractivity contribution is 5.84. The van der Waals surface area contributed by atoms with Crippen molar-refractivity contribution in [1.82, 2.24) is 14.8 Å². The van der Waals surface area contributed by atoms with Crippen LogP contribution in [0.2, 0.25) is 0 Å². The van der Waals surface area contributed by atoms with E-state index in [1.807, 2.05) is 0 Å². The van der Waals surface area contributed by atoms with Crippen LogP contribution in [-0.2, 0) is 27.2 Å². The topological polar surface area (TPSA) is 66.2 Å². The molecule has 1 aliphatic rings. The molecule has 1 aromatic heterocycles. The van der Waals surface area contributed by atoms with Crippen molar-refractivity contribution in [3.8, 4) is 0 Å². The third-order valence-electron chi connectivity index (χ3n) is 2.64. The Bertz CT molecular complexity index is 372. The fourth-order valence-electron chi connectivity index (χ4n) is 1.77. The predicted octanol–water partition coefficient (Wildman–Crippen LogP) is 0.215. The summed E-state index contributed by atoms with van der Waals surface area (Å²) in [5.74, 6) is 0.709. The number of carbonyl (C=O) groups excluding carboxylic acids is 1. The molecule has 1 fully saturated rings. The van der Waals surface area contributed by atoms with Crippen molar-refractivity contribution >= 4 is 5.78 Å². The van der Waals surface area contributed by atoms with Gasteiger partial charge in [0.05, 0.1) is 26.2 Å². The summed E-state index contributed by atoms with van der Waals surface area (Å²) < 4.78 is 12.3. The first-order valence-corrected chi connectivity index (χ1v) is 5.90. The van der Waals surface area contributed by atoms with Gasteiger partial charge in [-0.05, 0) is 6.42 Å². The highest BCUT2D eigenvalue weighted by Crippen LogP contribution is 2.06. The molecule has 1 aliphatic heterocycles. The van der Waals surface area contributed by atoms with Crippen LogP contribution in [0.25, 0.3) is 0 Å². The molecule has 0 saturated carbocycles. The Balaban J connectivity index is 1.94. The number of rotatable bonds is 5. The molecule has 0 amide bonds. The predicted molar refractivity (Wildman–Crippen MR) is 59.6 cm³/mol. The molecule has 1 saturated heterocycles. The molecular weight excluding hydrogens is 222 g/mol. The van der Waals surface area contributed by atoms with Crippen LogP contribution in [0, 0.1) is 0 Å². The maximum Gasteiger partial charge on any atom is 0.171 e. The summed E-state index contributed by atoms with van der Waals surface area (Å²) in [6.07, 6.45) is 2.26. The number of nitrogens with zero attached hydrogens (tertiary/aromatic N) is 3. The van der Waals surface area contributed by atoms with Crippen LogP contribution >= 0.6 is 0 Å². The molecule has 6 heteroatoms. The normalized spacial score (nSPS) is 20.4. The maximum absolute atomic E-state index is 11.9. The van der Waals surface area contributed by atoms with Gasteiger partial charge >= 0.3 is 0 Å². The SMILES string of the molecule is CCCn1ncnc1CC(=O)C1COCCO1. The second kappa shape index (κ2) is 5.88. The Morgan fingerprint density at radius 2 is 2.47 bits per heavy atom. The number of carbonyl (C=O) groups is 1. The molecule has 0 aromatic carbocycles. The Kier molecular flexibility index (Phi) is 4.22. The van der Waals surface area contributed by atoms with E-state index in [1.165, 1.54) is 6.33 Å². The minimum Gasteiger partial charge on any atom is -0.376 e. The molecule has 1 atom stereocenters. The van der Waals surface area contributed by atoms with Gasteiger partial charge in [-0.1, -0.05) is 6.92 Å². The fourth-order valence-corrected chi connectivity index (χ4v) is 1.77. The van der Waals surface area contributed by atoms with Crippen molar-refractivity contribution in [1.29, 1.82) is 0 Å². The smallest absolute Gasteiger partial charge is 0.171 e. The van der Waals surface area contributed by atoms with Gasteiger partial charge in [-0.3, -0.25) is 4.79 Å². The molecule has 17 heavy (non-hydrogen) atoms. The Morgan fingerprint density at radius 1 is 1.59 bits per heavy atom. The number of aromatic nitrogens is 3. The maximum atomic E-state index is 11.9. The summed E-state index contributed by atoms with van der Waals surface area (Å²) in [6.45, 7) is 4.24. The number of ether oxygens (including phenoxy) is 2. The van der Waals surface area contributed by atoms with Gasteiger partial charge in [-0.2, -0.15) is 5.10 Å². The van der Waals surface area contributed by atoms with E-state index in [2.05, 4.69) is 17.0 Å². The molecule has 0 radical (unpaired) electrons.